The van der Waals surface area contributed by atoms with Gasteiger partial charge >= 0.3 is 0 Å². The molecule has 2 aliphatic rings. The minimum Gasteiger partial charge on any atom is -0.385 e. The molecule has 0 saturated carbocycles. The first kappa shape index (κ1) is 13.9. The van der Waals surface area contributed by atoms with E-state index in [1.54, 1.807) is 10.4 Å². The van der Waals surface area contributed by atoms with Crippen LogP contribution in [0, 0.1) is 0 Å². The van der Waals surface area contributed by atoms with Crippen LogP contribution in [-0.2, 0) is 21.2 Å². The molecule has 5 nitrogen and oxygen atoms in total. The maximum absolute atomic E-state index is 12.7. The molecule has 3 rings (SSSR count). The van der Waals surface area contributed by atoms with E-state index in [0.29, 0.717) is 24.7 Å². The van der Waals surface area contributed by atoms with E-state index in [9.17, 15) is 8.42 Å². The lowest BCUT2D eigenvalue weighted by Gasteiger charge is -2.32. The Hall–Kier alpha value is -1.11. The Labute approximate surface area is 120 Å². The summed E-state index contributed by atoms with van der Waals surface area (Å²) in [5.74, 6) is 0. The molecule has 2 heterocycles. The number of anilines is 1. The Kier molecular flexibility index (Phi) is 3.70. The van der Waals surface area contributed by atoms with Gasteiger partial charge in [0.25, 0.3) is 0 Å². The first-order valence-corrected chi connectivity index (χ1v) is 8.49. The molecule has 1 saturated heterocycles. The summed E-state index contributed by atoms with van der Waals surface area (Å²) in [7, 11) is -3.42. The van der Waals surface area contributed by atoms with Crippen LogP contribution in [-0.4, -0.2) is 45.1 Å². The van der Waals surface area contributed by atoms with E-state index in [2.05, 4.69) is 5.32 Å². The van der Waals surface area contributed by atoms with E-state index in [0.717, 1.165) is 30.6 Å². The fourth-order valence-electron chi connectivity index (χ4n) is 2.82. The number of rotatable bonds is 2. The summed E-state index contributed by atoms with van der Waals surface area (Å²) in [4.78, 5) is 0.397. The van der Waals surface area contributed by atoms with E-state index < -0.39 is 10.0 Å². The standard InChI is InChI=1S/C14H20N2O3S/c1-11-10-19-8-7-16(11)20(17,18)13-4-5-14-12(9-13)3-2-6-15-14/h4-5,9,11,15H,2-3,6-8,10H2,1H3. The van der Waals surface area contributed by atoms with Crippen molar-refractivity contribution >= 4 is 15.7 Å². The number of hydrogen-bond acceptors (Lipinski definition) is 4. The number of hydrogen-bond donors (Lipinski definition) is 1. The number of ether oxygens (including phenoxy) is 1. The monoisotopic (exact) mass is 296 g/mol. The topological polar surface area (TPSA) is 58.6 Å². The van der Waals surface area contributed by atoms with Crippen molar-refractivity contribution in [3.05, 3.63) is 23.8 Å². The number of aryl methyl sites for hydroxylation is 1. The second-order valence-electron chi connectivity index (χ2n) is 5.39. The van der Waals surface area contributed by atoms with Crippen molar-refractivity contribution in [2.24, 2.45) is 0 Å². The summed E-state index contributed by atoms with van der Waals surface area (Å²) in [5.41, 5.74) is 2.16. The maximum atomic E-state index is 12.7. The average molecular weight is 296 g/mol. The highest BCUT2D eigenvalue weighted by Gasteiger charge is 2.31. The molecular formula is C14H20N2O3S. The first-order valence-electron chi connectivity index (χ1n) is 7.05. The Morgan fingerprint density at radius 3 is 3.05 bits per heavy atom. The minimum atomic E-state index is -3.42. The second kappa shape index (κ2) is 5.35. The molecule has 0 bridgehead atoms. The molecule has 20 heavy (non-hydrogen) atoms. The van der Waals surface area contributed by atoms with Crippen LogP contribution in [0.25, 0.3) is 0 Å². The third-order valence-corrected chi connectivity index (χ3v) is 5.94. The van der Waals surface area contributed by atoms with Crippen LogP contribution in [0.2, 0.25) is 0 Å². The van der Waals surface area contributed by atoms with Gasteiger partial charge in [0.1, 0.15) is 0 Å². The Morgan fingerprint density at radius 2 is 2.25 bits per heavy atom. The van der Waals surface area contributed by atoms with Gasteiger partial charge < -0.3 is 10.1 Å². The van der Waals surface area contributed by atoms with Crippen molar-refractivity contribution < 1.29 is 13.2 Å². The molecule has 1 atom stereocenters. The molecule has 110 valence electrons. The van der Waals surface area contributed by atoms with Crippen LogP contribution < -0.4 is 5.32 Å². The number of sulfonamides is 1. The van der Waals surface area contributed by atoms with Crippen LogP contribution in [0.1, 0.15) is 18.9 Å². The Bertz CT molecular complexity index is 600. The predicted octanol–water partition coefficient (Wildman–Crippen LogP) is 1.45. The van der Waals surface area contributed by atoms with E-state index >= 15 is 0 Å². The van der Waals surface area contributed by atoms with Crippen molar-refractivity contribution in [3.63, 3.8) is 0 Å². The maximum Gasteiger partial charge on any atom is 0.243 e. The highest BCUT2D eigenvalue weighted by molar-refractivity contribution is 7.89. The summed E-state index contributed by atoms with van der Waals surface area (Å²) >= 11 is 0. The Balaban J connectivity index is 1.94. The van der Waals surface area contributed by atoms with Gasteiger partial charge in [0.2, 0.25) is 10.0 Å². The molecule has 0 amide bonds. The molecule has 0 aliphatic carbocycles. The SMILES string of the molecule is CC1COCCN1S(=O)(=O)c1ccc2c(c1)CCCN2. The van der Waals surface area contributed by atoms with Crippen LogP contribution in [0.5, 0.6) is 0 Å². The van der Waals surface area contributed by atoms with Crippen molar-refractivity contribution in [1.29, 1.82) is 0 Å². The largest absolute Gasteiger partial charge is 0.385 e. The first-order chi connectivity index (χ1) is 9.59. The molecule has 1 aromatic carbocycles. The highest BCUT2D eigenvalue weighted by Crippen LogP contribution is 2.27. The van der Waals surface area contributed by atoms with Gasteiger partial charge in [-0.3, -0.25) is 0 Å². The Morgan fingerprint density at radius 1 is 1.40 bits per heavy atom. The van der Waals surface area contributed by atoms with Crippen LogP contribution >= 0.6 is 0 Å². The zero-order valence-electron chi connectivity index (χ0n) is 11.6. The molecule has 1 fully saturated rings. The van der Waals surface area contributed by atoms with Crippen molar-refractivity contribution in [2.45, 2.75) is 30.7 Å². The lowest BCUT2D eigenvalue weighted by Crippen LogP contribution is -2.46. The van der Waals surface area contributed by atoms with Gasteiger partial charge in [-0.05, 0) is 43.5 Å². The van der Waals surface area contributed by atoms with Gasteiger partial charge in [0, 0.05) is 24.8 Å². The van der Waals surface area contributed by atoms with E-state index in [1.165, 1.54) is 0 Å². The fourth-order valence-corrected chi connectivity index (χ4v) is 4.47. The molecule has 1 aromatic rings. The van der Waals surface area contributed by atoms with E-state index in [4.69, 9.17) is 4.74 Å². The summed E-state index contributed by atoms with van der Waals surface area (Å²) in [6.45, 7) is 4.21. The van der Waals surface area contributed by atoms with Gasteiger partial charge in [-0.15, -0.1) is 0 Å². The van der Waals surface area contributed by atoms with Crippen LogP contribution in [0.4, 0.5) is 5.69 Å². The molecule has 1 unspecified atom stereocenters. The smallest absolute Gasteiger partial charge is 0.243 e. The highest BCUT2D eigenvalue weighted by atomic mass is 32.2. The normalized spacial score (nSPS) is 23.9. The average Bonchev–Trinajstić information content (AvgIpc) is 2.47. The predicted molar refractivity (Wildman–Crippen MR) is 77.4 cm³/mol. The number of nitrogens with one attached hydrogen (secondary N) is 1. The molecule has 0 spiro atoms. The van der Waals surface area contributed by atoms with Crippen LogP contribution in [0.15, 0.2) is 23.1 Å². The third-order valence-electron chi connectivity index (χ3n) is 3.93. The lowest BCUT2D eigenvalue weighted by atomic mass is 10.0. The summed E-state index contributed by atoms with van der Waals surface area (Å²) in [6.07, 6.45) is 1.98. The van der Waals surface area contributed by atoms with E-state index in [-0.39, 0.29) is 6.04 Å². The number of nitrogens with zero attached hydrogens (tertiary/aromatic N) is 1. The molecular weight excluding hydrogens is 276 g/mol. The fraction of sp³-hybridized carbons (Fsp3) is 0.571. The molecule has 2 aliphatic heterocycles. The van der Waals surface area contributed by atoms with E-state index in [1.807, 2.05) is 19.1 Å². The van der Waals surface area contributed by atoms with Crippen molar-refractivity contribution in [2.75, 3.05) is 31.6 Å². The summed E-state index contributed by atoms with van der Waals surface area (Å²) in [6, 6.07) is 5.29. The van der Waals surface area contributed by atoms with Crippen LogP contribution in [0.3, 0.4) is 0 Å². The van der Waals surface area contributed by atoms with Gasteiger partial charge in [0.15, 0.2) is 0 Å². The summed E-state index contributed by atoms with van der Waals surface area (Å²) in [5, 5.41) is 3.30. The quantitative estimate of drug-likeness (QED) is 0.897. The second-order valence-corrected chi connectivity index (χ2v) is 7.28. The van der Waals surface area contributed by atoms with Gasteiger partial charge in [-0.25, -0.2) is 8.42 Å². The summed E-state index contributed by atoms with van der Waals surface area (Å²) < 4.78 is 32.3. The molecule has 0 radical (unpaired) electrons. The lowest BCUT2D eigenvalue weighted by molar-refractivity contribution is 0.0393. The zero-order valence-corrected chi connectivity index (χ0v) is 12.4. The number of fused-ring (bicyclic) bond motifs is 1. The van der Waals surface area contributed by atoms with Crippen molar-refractivity contribution in [3.8, 4) is 0 Å². The number of benzene rings is 1. The molecule has 1 N–H and O–H groups in total. The molecule has 0 aromatic heterocycles. The van der Waals surface area contributed by atoms with Crippen molar-refractivity contribution in [1.82, 2.24) is 4.31 Å². The minimum absolute atomic E-state index is 0.108. The third kappa shape index (κ3) is 2.43. The van der Waals surface area contributed by atoms with Gasteiger partial charge in [-0.1, -0.05) is 0 Å². The van der Waals surface area contributed by atoms with Gasteiger partial charge in [-0.2, -0.15) is 4.31 Å². The van der Waals surface area contributed by atoms with Gasteiger partial charge in [0.05, 0.1) is 18.1 Å². The molecule has 6 heteroatoms. The zero-order chi connectivity index (χ0) is 14.2. The number of morpholine rings is 1.